The van der Waals surface area contributed by atoms with E-state index in [4.69, 9.17) is 0 Å². The summed E-state index contributed by atoms with van der Waals surface area (Å²) in [6.07, 6.45) is 5.27. The third-order valence-electron chi connectivity index (χ3n) is 2.57. The van der Waals surface area contributed by atoms with Crippen molar-refractivity contribution in [1.82, 2.24) is 10.3 Å². The normalized spacial score (nSPS) is 24.4. The number of hydrogen-bond donors (Lipinski definition) is 1. The Balaban J connectivity index is 1.91. The van der Waals surface area contributed by atoms with Crippen molar-refractivity contribution >= 4 is 5.91 Å². The fourth-order valence-electron chi connectivity index (χ4n) is 1.63. The minimum Gasteiger partial charge on any atom is -0.353 e. The second kappa shape index (κ2) is 3.78. The van der Waals surface area contributed by atoms with E-state index in [0.29, 0.717) is 18.4 Å². The van der Waals surface area contributed by atoms with Crippen LogP contribution in [0.5, 0.6) is 0 Å². The van der Waals surface area contributed by atoms with Crippen molar-refractivity contribution < 1.29 is 4.79 Å². The largest absolute Gasteiger partial charge is 0.353 e. The molecule has 1 aliphatic carbocycles. The van der Waals surface area contributed by atoms with E-state index >= 15 is 0 Å². The molecule has 1 aliphatic rings. The van der Waals surface area contributed by atoms with E-state index in [-0.39, 0.29) is 5.91 Å². The minimum absolute atomic E-state index is 0.140. The first kappa shape index (κ1) is 9.19. The van der Waals surface area contributed by atoms with Crippen molar-refractivity contribution in [3.63, 3.8) is 0 Å². The average molecular weight is 190 g/mol. The summed E-state index contributed by atoms with van der Waals surface area (Å²) in [5.41, 5.74) is 1.23. The quantitative estimate of drug-likeness (QED) is 0.784. The van der Waals surface area contributed by atoms with Crippen LogP contribution < -0.4 is 5.32 Å². The highest BCUT2D eigenvalue weighted by molar-refractivity contribution is 5.76. The standard InChI is InChI=1S/C11H14N2O/c1-2-11(14)13-10-6-9(10)8-4-3-5-12-7-8/h3-5,7,9-10H,2,6H2,1H3,(H,13,14)/t9-,10+/m0/s1. The third-order valence-corrected chi connectivity index (χ3v) is 2.57. The first-order valence-electron chi connectivity index (χ1n) is 5.00. The van der Waals surface area contributed by atoms with Crippen LogP contribution in [0.15, 0.2) is 24.5 Å². The number of hydrogen-bond acceptors (Lipinski definition) is 2. The van der Waals surface area contributed by atoms with Crippen LogP contribution in [-0.2, 0) is 4.79 Å². The lowest BCUT2D eigenvalue weighted by molar-refractivity contribution is -0.120. The molecule has 1 heterocycles. The van der Waals surface area contributed by atoms with Gasteiger partial charge in [0.2, 0.25) is 5.91 Å². The molecule has 0 aliphatic heterocycles. The topological polar surface area (TPSA) is 42.0 Å². The molecule has 1 saturated carbocycles. The minimum atomic E-state index is 0.140. The number of nitrogens with zero attached hydrogens (tertiary/aromatic N) is 1. The van der Waals surface area contributed by atoms with Crippen molar-refractivity contribution in [2.24, 2.45) is 0 Å². The van der Waals surface area contributed by atoms with Crippen molar-refractivity contribution in [2.45, 2.75) is 31.7 Å². The maximum Gasteiger partial charge on any atom is 0.219 e. The van der Waals surface area contributed by atoms with Gasteiger partial charge in [-0.15, -0.1) is 0 Å². The van der Waals surface area contributed by atoms with Gasteiger partial charge in [0.1, 0.15) is 0 Å². The highest BCUT2D eigenvalue weighted by Crippen LogP contribution is 2.40. The number of amides is 1. The fraction of sp³-hybridized carbons (Fsp3) is 0.455. The molecule has 0 aromatic carbocycles. The maximum atomic E-state index is 11.1. The van der Waals surface area contributed by atoms with Crippen molar-refractivity contribution in [3.8, 4) is 0 Å². The summed E-state index contributed by atoms with van der Waals surface area (Å²) in [7, 11) is 0. The molecule has 0 spiro atoms. The zero-order chi connectivity index (χ0) is 9.97. The van der Waals surface area contributed by atoms with Crippen LogP contribution in [-0.4, -0.2) is 16.9 Å². The first-order chi connectivity index (χ1) is 6.81. The van der Waals surface area contributed by atoms with Crippen LogP contribution in [0.1, 0.15) is 31.2 Å². The van der Waals surface area contributed by atoms with E-state index in [0.717, 1.165) is 6.42 Å². The molecule has 1 aromatic rings. The van der Waals surface area contributed by atoms with Crippen molar-refractivity contribution in [1.29, 1.82) is 0 Å². The molecule has 1 aromatic heterocycles. The number of carbonyl (C=O) groups excluding carboxylic acids is 1. The highest BCUT2D eigenvalue weighted by Gasteiger charge is 2.39. The van der Waals surface area contributed by atoms with Crippen LogP contribution in [0.3, 0.4) is 0 Å². The van der Waals surface area contributed by atoms with Gasteiger partial charge in [0.05, 0.1) is 0 Å². The number of rotatable bonds is 3. The van der Waals surface area contributed by atoms with Crippen molar-refractivity contribution in [2.75, 3.05) is 0 Å². The monoisotopic (exact) mass is 190 g/mol. The van der Waals surface area contributed by atoms with Gasteiger partial charge in [-0.3, -0.25) is 9.78 Å². The van der Waals surface area contributed by atoms with Gasteiger partial charge >= 0.3 is 0 Å². The molecule has 3 nitrogen and oxygen atoms in total. The lowest BCUT2D eigenvalue weighted by atomic mass is 10.2. The van der Waals surface area contributed by atoms with E-state index in [9.17, 15) is 4.79 Å². The van der Waals surface area contributed by atoms with Gasteiger partial charge in [-0.1, -0.05) is 13.0 Å². The summed E-state index contributed by atoms with van der Waals surface area (Å²) in [5.74, 6) is 0.626. The predicted molar refractivity (Wildman–Crippen MR) is 53.8 cm³/mol. The third kappa shape index (κ3) is 1.92. The van der Waals surface area contributed by atoms with Crippen LogP contribution >= 0.6 is 0 Å². The Labute approximate surface area is 83.5 Å². The Bertz CT molecular complexity index is 323. The molecule has 0 radical (unpaired) electrons. The molecule has 14 heavy (non-hydrogen) atoms. The number of pyridine rings is 1. The first-order valence-corrected chi connectivity index (χ1v) is 5.00. The highest BCUT2D eigenvalue weighted by atomic mass is 16.1. The van der Waals surface area contributed by atoms with Gasteiger partial charge in [-0.25, -0.2) is 0 Å². The second-order valence-corrected chi connectivity index (χ2v) is 3.66. The van der Waals surface area contributed by atoms with Gasteiger partial charge in [-0.05, 0) is 18.1 Å². The molecule has 0 unspecified atom stereocenters. The summed E-state index contributed by atoms with van der Waals surface area (Å²) in [6, 6.07) is 4.34. The second-order valence-electron chi connectivity index (χ2n) is 3.66. The molecule has 0 bridgehead atoms. The molecule has 1 N–H and O–H groups in total. The molecule has 2 rings (SSSR count). The van der Waals surface area contributed by atoms with Crippen LogP contribution in [0.25, 0.3) is 0 Å². The van der Waals surface area contributed by atoms with Gasteiger partial charge in [-0.2, -0.15) is 0 Å². The van der Waals surface area contributed by atoms with Crippen molar-refractivity contribution in [3.05, 3.63) is 30.1 Å². The molecule has 1 amide bonds. The summed E-state index contributed by atoms with van der Waals surface area (Å²) >= 11 is 0. The maximum absolute atomic E-state index is 11.1. The van der Waals surface area contributed by atoms with Crippen LogP contribution in [0.4, 0.5) is 0 Å². The summed E-state index contributed by atoms with van der Waals surface area (Å²) in [5, 5.41) is 2.99. The lowest BCUT2D eigenvalue weighted by Gasteiger charge is -2.01. The Morgan fingerprint density at radius 1 is 1.71 bits per heavy atom. The predicted octanol–water partition coefficient (Wildman–Crippen LogP) is 1.46. The Kier molecular flexibility index (Phi) is 2.48. The Hall–Kier alpha value is -1.38. The van der Waals surface area contributed by atoms with E-state index in [1.54, 1.807) is 6.20 Å². The van der Waals surface area contributed by atoms with E-state index in [1.807, 2.05) is 19.2 Å². The molecule has 0 saturated heterocycles. The van der Waals surface area contributed by atoms with E-state index in [2.05, 4.69) is 16.4 Å². The zero-order valence-electron chi connectivity index (χ0n) is 8.23. The summed E-state index contributed by atoms with van der Waals surface area (Å²) < 4.78 is 0. The van der Waals surface area contributed by atoms with Gasteiger partial charge in [0.15, 0.2) is 0 Å². The van der Waals surface area contributed by atoms with E-state index in [1.165, 1.54) is 5.56 Å². The fourth-order valence-corrected chi connectivity index (χ4v) is 1.63. The molecule has 74 valence electrons. The molecule has 3 heteroatoms. The summed E-state index contributed by atoms with van der Waals surface area (Å²) in [6.45, 7) is 1.87. The van der Waals surface area contributed by atoms with Crippen LogP contribution in [0.2, 0.25) is 0 Å². The number of carbonyl (C=O) groups is 1. The smallest absolute Gasteiger partial charge is 0.219 e. The Morgan fingerprint density at radius 2 is 2.57 bits per heavy atom. The molecule has 2 atom stereocenters. The average Bonchev–Trinajstić information content (AvgIpc) is 2.98. The van der Waals surface area contributed by atoms with Gasteiger partial charge in [0.25, 0.3) is 0 Å². The lowest BCUT2D eigenvalue weighted by Crippen LogP contribution is -2.25. The van der Waals surface area contributed by atoms with Crippen LogP contribution in [0, 0.1) is 0 Å². The van der Waals surface area contributed by atoms with Gasteiger partial charge in [0, 0.05) is 30.8 Å². The summed E-state index contributed by atoms with van der Waals surface area (Å²) in [4.78, 5) is 15.2. The zero-order valence-corrected chi connectivity index (χ0v) is 8.23. The SMILES string of the molecule is CCC(=O)N[C@@H]1C[C@H]1c1cccnc1. The van der Waals surface area contributed by atoms with E-state index < -0.39 is 0 Å². The number of nitrogens with one attached hydrogen (secondary N) is 1. The Morgan fingerprint density at radius 3 is 3.21 bits per heavy atom. The molecule has 1 fully saturated rings. The molecular weight excluding hydrogens is 176 g/mol. The number of aromatic nitrogens is 1. The molecular formula is C11H14N2O. The van der Waals surface area contributed by atoms with Gasteiger partial charge < -0.3 is 5.32 Å².